The molecule has 250 valence electrons. The van der Waals surface area contributed by atoms with Gasteiger partial charge in [0.05, 0.1) is 46.6 Å². The molecule has 0 saturated heterocycles. The number of hydrogen-bond donors (Lipinski definition) is 0. The highest BCUT2D eigenvalue weighted by atomic mass is 79.9. The Morgan fingerprint density at radius 2 is 1.75 bits per heavy atom. The van der Waals surface area contributed by atoms with Gasteiger partial charge in [0.25, 0.3) is 5.56 Å². The second-order valence-electron chi connectivity index (χ2n) is 10.8. The van der Waals surface area contributed by atoms with Gasteiger partial charge < -0.3 is 23.7 Å². The number of benzene rings is 3. The fourth-order valence-corrected chi connectivity index (χ4v) is 6.78. The number of rotatable bonds is 12. The maximum absolute atomic E-state index is 14.1. The minimum atomic E-state index is -0.861. The van der Waals surface area contributed by atoms with Crippen LogP contribution in [0.3, 0.4) is 0 Å². The first kappa shape index (κ1) is 34.6. The molecule has 0 fully saturated rings. The van der Waals surface area contributed by atoms with E-state index < -0.39 is 18.0 Å². The summed E-state index contributed by atoms with van der Waals surface area (Å²) in [4.78, 5) is 44.3. The number of esters is 2. The average Bonchev–Trinajstić information content (AvgIpc) is 3.36. The van der Waals surface area contributed by atoms with Crippen LogP contribution >= 0.6 is 27.3 Å². The van der Waals surface area contributed by atoms with E-state index in [4.69, 9.17) is 18.9 Å². The number of halogens is 1. The lowest BCUT2D eigenvalue weighted by atomic mass is 9.95. The Morgan fingerprint density at radius 3 is 2.46 bits per heavy atom. The molecule has 1 aromatic heterocycles. The van der Waals surface area contributed by atoms with Crippen molar-refractivity contribution in [3.05, 3.63) is 118 Å². The van der Waals surface area contributed by atoms with Crippen LogP contribution in [0.5, 0.6) is 17.2 Å². The SMILES string of the molecule is CCOC(=O)C1=C(C)N=c2s/c(=C\c3ccc(OCc4cccc(C)c4)c(Br)c3)c(=O)n2[C@H]1c1ccc(OCC(=O)OC)c(OCC)c1. The maximum atomic E-state index is 14.1. The molecule has 1 aliphatic rings. The summed E-state index contributed by atoms with van der Waals surface area (Å²) in [5, 5.41) is 0. The number of aromatic nitrogens is 1. The van der Waals surface area contributed by atoms with E-state index in [1.54, 1.807) is 38.1 Å². The van der Waals surface area contributed by atoms with Gasteiger partial charge in [0.1, 0.15) is 12.4 Å². The highest BCUT2D eigenvalue weighted by Gasteiger charge is 2.34. The number of methoxy groups -OCH3 is 1. The number of thiazole rings is 1. The van der Waals surface area contributed by atoms with Crippen LogP contribution in [0, 0.1) is 6.92 Å². The first-order valence-electron chi connectivity index (χ1n) is 15.3. The van der Waals surface area contributed by atoms with E-state index in [-0.39, 0.29) is 24.3 Å². The molecule has 12 heteroatoms. The third kappa shape index (κ3) is 7.71. The van der Waals surface area contributed by atoms with Gasteiger partial charge in [0, 0.05) is 0 Å². The van der Waals surface area contributed by atoms with Crippen LogP contribution in [-0.4, -0.2) is 43.4 Å². The number of carbonyl (C=O) groups is 2. The van der Waals surface area contributed by atoms with E-state index in [0.717, 1.165) is 21.2 Å². The monoisotopic (exact) mass is 734 g/mol. The molecular weight excluding hydrogens is 700 g/mol. The third-order valence-electron chi connectivity index (χ3n) is 7.40. The van der Waals surface area contributed by atoms with E-state index in [9.17, 15) is 14.4 Å². The van der Waals surface area contributed by atoms with Crippen molar-refractivity contribution < 1.29 is 33.3 Å². The van der Waals surface area contributed by atoms with Gasteiger partial charge in [0.15, 0.2) is 22.9 Å². The van der Waals surface area contributed by atoms with Crippen molar-refractivity contribution in [3.8, 4) is 17.2 Å². The molecule has 0 bridgehead atoms. The van der Waals surface area contributed by atoms with Crippen molar-refractivity contribution in [2.75, 3.05) is 26.9 Å². The summed E-state index contributed by atoms with van der Waals surface area (Å²) in [6.45, 7) is 7.87. The van der Waals surface area contributed by atoms with Crippen molar-refractivity contribution in [3.63, 3.8) is 0 Å². The Morgan fingerprint density at radius 1 is 0.958 bits per heavy atom. The maximum Gasteiger partial charge on any atom is 0.343 e. The smallest absolute Gasteiger partial charge is 0.343 e. The van der Waals surface area contributed by atoms with Gasteiger partial charge in [-0.3, -0.25) is 9.36 Å². The number of aryl methyl sites for hydroxylation is 1. The van der Waals surface area contributed by atoms with Crippen LogP contribution in [0.4, 0.5) is 0 Å². The topological polar surface area (TPSA) is 115 Å². The van der Waals surface area contributed by atoms with E-state index >= 15 is 0 Å². The quantitative estimate of drug-likeness (QED) is 0.178. The van der Waals surface area contributed by atoms with Gasteiger partial charge in [-0.15, -0.1) is 0 Å². The third-order valence-corrected chi connectivity index (χ3v) is 9.01. The van der Waals surface area contributed by atoms with Gasteiger partial charge in [-0.1, -0.05) is 53.3 Å². The first-order valence-corrected chi connectivity index (χ1v) is 16.9. The zero-order valence-corrected chi connectivity index (χ0v) is 29.6. The minimum absolute atomic E-state index is 0.150. The molecule has 48 heavy (non-hydrogen) atoms. The molecule has 0 aliphatic carbocycles. The normalized spacial score (nSPS) is 14.2. The zero-order chi connectivity index (χ0) is 34.4. The predicted molar refractivity (Wildman–Crippen MR) is 185 cm³/mol. The second kappa shape index (κ2) is 15.5. The van der Waals surface area contributed by atoms with Gasteiger partial charge in [0.2, 0.25) is 0 Å². The fraction of sp³-hybridized carbons (Fsp3) is 0.278. The molecule has 2 heterocycles. The van der Waals surface area contributed by atoms with Crippen LogP contribution in [-0.2, 0) is 25.7 Å². The summed E-state index contributed by atoms with van der Waals surface area (Å²) in [5.74, 6) is 0.205. The minimum Gasteiger partial charge on any atom is -0.490 e. The summed E-state index contributed by atoms with van der Waals surface area (Å²) in [6.07, 6.45) is 1.79. The molecule has 0 unspecified atom stereocenters. The fourth-order valence-electron chi connectivity index (χ4n) is 5.22. The molecule has 0 amide bonds. The molecule has 0 saturated carbocycles. The van der Waals surface area contributed by atoms with Crippen LogP contribution in [0.2, 0.25) is 0 Å². The Labute approximate surface area is 290 Å². The molecule has 0 N–H and O–H groups in total. The second-order valence-corrected chi connectivity index (χ2v) is 12.6. The summed E-state index contributed by atoms with van der Waals surface area (Å²) < 4.78 is 30.3. The van der Waals surface area contributed by atoms with Gasteiger partial charge in [-0.2, -0.15) is 0 Å². The Kier molecular flexibility index (Phi) is 11.2. The molecule has 10 nitrogen and oxygen atoms in total. The van der Waals surface area contributed by atoms with E-state index in [2.05, 4.69) is 31.7 Å². The molecular formula is C36H35BrN2O8S. The van der Waals surface area contributed by atoms with E-state index in [1.807, 2.05) is 50.2 Å². The molecule has 3 aromatic carbocycles. The molecule has 4 aromatic rings. The van der Waals surface area contributed by atoms with Gasteiger partial charge in [-0.05, 0) is 90.7 Å². The lowest BCUT2D eigenvalue weighted by Gasteiger charge is -2.25. The van der Waals surface area contributed by atoms with Crippen molar-refractivity contribution >= 4 is 45.3 Å². The zero-order valence-electron chi connectivity index (χ0n) is 27.2. The molecule has 0 radical (unpaired) electrons. The summed E-state index contributed by atoms with van der Waals surface area (Å²) in [7, 11) is 1.27. The number of allylic oxidation sites excluding steroid dienone is 1. The molecule has 1 aliphatic heterocycles. The Balaban J connectivity index is 1.54. The highest BCUT2D eigenvalue weighted by molar-refractivity contribution is 9.10. The summed E-state index contributed by atoms with van der Waals surface area (Å²) in [6, 6.07) is 17.9. The summed E-state index contributed by atoms with van der Waals surface area (Å²) >= 11 is 4.83. The van der Waals surface area contributed by atoms with Crippen LogP contribution in [0.25, 0.3) is 6.08 Å². The van der Waals surface area contributed by atoms with Crippen LogP contribution in [0.15, 0.2) is 86.2 Å². The average molecular weight is 736 g/mol. The van der Waals surface area contributed by atoms with Crippen molar-refractivity contribution in [2.45, 2.75) is 40.3 Å². The van der Waals surface area contributed by atoms with Crippen molar-refractivity contribution in [2.24, 2.45) is 4.99 Å². The summed E-state index contributed by atoms with van der Waals surface area (Å²) in [5.41, 5.74) is 3.93. The Hall–Kier alpha value is -4.68. The molecule has 1 atom stereocenters. The van der Waals surface area contributed by atoms with Gasteiger partial charge in [-0.25, -0.2) is 14.6 Å². The number of nitrogens with zero attached hydrogens (tertiary/aromatic N) is 2. The number of ether oxygens (including phenoxy) is 5. The van der Waals surface area contributed by atoms with Crippen LogP contribution < -0.4 is 29.1 Å². The van der Waals surface area contributed by atoms with Gasteiger partial charge >= 0.3 is 11.9 Å². The van der Waals surface area contributed by atoms with Crippen LogP contribution in [0.1, 0.15) is 49.1 Å². The standard InChI is InChI=1S/C36H35BrN2O8S/c1-6-44-29-18-25(12-14-28(29)47-20-31(40)43-5)33-32(35(42)45-7-2)22(4)38-36-39(33)34(41)30(48-36)17-23-11-13-27(26(37)16-23)46-19-24-10-8-9-21(3)15-24/h8-18,33H,6-7,19-20H2,1-5H3/b30-17-/t33-/m0/s1. The lowest BCUT2D eigenvalue weighted by molar-refractivity contribution is -0.143. The number of carbonyl (C=O) groups excluding carboxylic acids is 2. The highest BCUT2D eigenvalue weighted by Crippen LogP contribution is 2.36. The number of hydrogen-bond acceptors (Lipinski definition) is 10. The lowest BCUT2D eigenvalue weighted by Crippen LogP contribution is -2.40. The van der Waals surface area contributed by atoms with Crippen molar-refractivity contribution in [1.29, 1.82) is 0 Å². The number of fused-ring (bicyclic) bond motifs is 1. The van der Waals surface area contributed by atoms with E-state index in [0.29, 0.717) is 51.1 Å². The van der Waals surface area contributed by atoms with E-state index in [1.165, 1.54) is 23.0 Å². The molecule has 0 spiro atoms. The predicted octanol–water partition coefficient (Wildman–Crippen LogP) is 5.40. The van der Waals surface area contributed by atoms with Crippen molar-refractivity contribution in [1.82, 2.24) is 4.57 Å². The largest absolute Gasteiger partial charge is 0.490 e. The first-order chi connectivity index (χ1) is 23.1. The Bertz CT molecular complexity index is 2070. The molecule has 5 rings (SSSR count).